The second kappa shape index (κ2) is 8.41. The molecule has 5 heterocycles. The lowest BCUT2D eigenvalue weighted by Crippen LogP contribution is -2.29. The van der Waals surface area contributed by atoms with Crippen LogP contribution in [0.25, 0.3) is 11.5 Å². The molecule has 1 atom stereocenters. The molecule has 1 N–H and O–H groups in total. The van der Waals surface area contributed by atoms with Crippen molar-refractivity contribution in [1.29, 1.82) is 0 Å². The van der Waals surface area contributed by atoms with Gasteiger partial charge in [-0.25, -0.2) is 9.97 Å². The van der Waals surface area contributed by atoms with Crippen LogP contribution >= 0.6 is 0 Å². The summed E-state index contributed by atoms with van der Waals surface area (Å²) in [7, 11) is 3.90. The van der Waals surface area contributed by atoms with E-state index in [0.717, 1.165) is 40.8 Å². The zero-order chi connectivity index (χ0) is 25.1. The molecule has 1 unspecified atom stereocenters. The minimum Gasteiger partial charge on any atom is -0.357 e. The van der Waals surface area contributed by atoms with Gasteiger partial charge in [0.25, 0.3) is 5.91 Å². The summed E-state index contributed by atoms with van der Waals surface area (Å²) in [6.45, 7) is 11.9. The van der Waals surface area contributed by atoms with Crippen LogP contribution in [0.4, 0.5) is 11.6 Å². The van der Waals surface area contributed by atoms with Crippen molar-refractivity contribution >= 4 is 17.5 Å². The first kappa shape index (κ1) is 23.4. The lowest BCUT2D eigenvalue weighted by atomic mass is 9.90. The van der Waals surface area contributed by atoms with Crippen LogP contribution in [-0.4, -0.2) is 50.8 Å². The lowest BCUT2D eigenvalue weighted by Gasteiger charge is -2.27. The quantitative estimate of drug-likeness (QED) is 0.585. The fourth-order valence-electron chi connectivity index (χ4n) is 4.96. The van der Waals surface area contributed by atoms with Crippen LogP contribution in [0.3, 0.4) is 0 Å². The summed E-state index contributed by atoms with van der Waals surface area (Å²) in [5.74, 6) is 3.55. The number of fused-ring (bicyclic) bond motifs is 2. The third kappa shape index (κ3) is 3.69. The molecule has 9 heteroatoms. The summed E-state index contributed by atoms with van der Waals surface area (Å²) in [4.78, 5) is 27.2. The third-order valence-electron chi connectivity index (χ3n) is 7.71. The summed E-state index contributed by atoms with van der Waals surface area (Å²) in [5, 5.41) is 12.1. The van der Waals surface area contributed by atoms with Gasteiger partial charge in [0.05, 0.1) is 17.8 Å². The Kier molecular flexibility index (Phi) is 5.62. The van der Waals surface area contributed by atoms with Crippen molar-refractivity contribution in [2.24, 2.45) is 5.92 Å². The highest BCUT2D eigenvalue weighted by atomic mass is 16.2. The molecule has 5 rings (SSSR count). The normalized spacial score (nSPS) is 18.3. The van der Waals surface area contributed by atoms with Gasteiger partial charge in [0.2, 0.25) is 0 Å². The van der Waals surface area contributed by atoms with E-state index in [1.165, 1.54) is 0 Å². The number of hydrogen-bond acceptors (Lipinski definition) is 7. The molecule has 0 aromatic carbocycles. The van der Waals surface area contributed by atoms with Crippen molar-refractivity contribution in [2.45, 2.75) is 65.7 Å². The second-order valence-electron chi connectivity index (χ2n) is 10.5. The first-order valence-corrected chi connectivity index (χ1v) is 12.3. The maximum atomic E-state index is 13.6. The maximum absolute atomic E-state index is 13.6. The molecule has 2 aliphatic heterocycles. The van der Waals surface area contributed by atoms with Gasteiger partial charge in [0, 0.05) is 37.2 Å². The van der Waals surface area contributed by atoms with E-state index >= 15 is 0 Å². The molecule has 0 spiro atoms. The standard InChI is InChI=1S/C26H34N8O/c1-15(2)32(7)22-12-17-18(20(29-22)13-27-6)14-33(25(17)35)21-10-8-9-19(28-21)24-31-30-23-11-16(3)26(4,5)34(23)24/h8-10,12,15-16,27H,11,13-14H2,1-7H3. The lowest BCUT2D eigenvalue weighted by molar-refractivity contribution is 0.0996. The first-order chi connectivity index (χ1) is 16.6. The summed E-state index contributed by atoms with van der Waals surface area (Å²) in [6, 6.07) is 7.94. The summed E-state index contributed by atoms with van der Waals surface area (Å²) in [6.07, 6.45) is 0.897. The number of carbonyl (C=O) groups is 1. The molecule has 9 nitrogen and oxygen atoms in total. The van der Waals surface area contributed by atoms with E-state index in [4.69, 9.17) is 9.97 Å². The number of carbonyl (C=O) groups excluding carboxylic acids is 1. The van der Waals surface area contributed by atoms with Crippen LogP contribution in [0.15, 0.2) is 24.3 Å². The number of aromatic nitrogens is 5. The Balaban J connectivity index is 1.53. The second-order valence-corrected chi connectivity index (χ2v) is 10.5. The maximum Gasteiger partial charge on any atom is 0.260 e. The minimum atomic E-state index is -0.0991. The SMILES string of the molecule is CNCc1nc(N(C)C(C)C)cc2c1CN(c1cccc(-c3nnc4n3C(C)(C)C(C)C4)n1)C2=O. The van der Waals surface area contributed by atoms with E-state index in [-0.39, 0.29) is 17.5 Å². The number of pyridine rings is 2. The largest absolute Gasteiger partial charge is 0.357 e. The molecule has 1 amide bonds. The third-order valence-corrected chi connectivity index (χ3v) is 7.71. The van der Waals surface area contributed by atoms with Gasteiger partial charge in [-0.1, -0.05) is 13.0 Å². The van der Waals surface area contributed by atoms with Crippen LogP contribution < -0.4 is 15.1 Å². The van der Waals surface area contributed by atoms with Crippen molar-refractivity contribution in [3.63, 3.8) is 0 Å². The molecule has 0 aliphatic carbocycles. The topological polar surface area (TPSA) is 92.1 Å². The Bertz CT molecular complexity index is 1290. The Labute approximate surface area is 206 Å². The van der Waals surface area contributed by atoms with Gasteiger partial charge in [-0.3, -0.25) is 9.69 Å². The number of nitrogens with zero attached hydrogens (tertiary/aromatic N) is 7. The molecule has 0 fully saturated rings. The van der Waals surface area contributed by atoms with E-state index < -0.39 is 0 Å². The van der Waals surface area contributed by atoms with Crippen LogP contribution in [0.2, 0.25) is 0 Å². The molecule has 3 aromatic heterocycles. The monoisotopic (exact) mass is 474 g/mol. The zero-order valence-corrected chi connectivity index (χ0v) is 21.6. The molecule has 184 valence electrons. The molecule has 3 aromatic rings. The van der Waals surface area contributed by atoms with E-state index in [2.05, 4.69) is 59.6 Å². The fourth-order valence-corrected chi connectivity index (χ4v) is 4.96. The molecule has 0 bridgehead atoms. The predicted octanol–water partition coefficient (Wildman–Crippen LogP) is 3.39. The molecular formula is C26H34N8O. The molecule has 0 saturated heterocycles. The van der Waals surface area contributed by atoms with Crippen molar-refractivity contribution in [2.75, 3.05) is 23.9 Å². The molecule has 35 heavy (non-hydrogen) atoms. The average molecular weight is 475 g/mol. The van der Waals surface area contributed by atoms with E-state index in [9.17, 15) is 4.79 Å². The number of amides is 1. The van der Waals surface area contributed by atoms with Gasteiger partial charge in [-0.05, 0) is 58.9 Å². The molecule has 0 radical (unpaired) electrons. The zero-order valence-electron chi connectivity index (χ0n) is 21.6. The van der Waals surface area contributed by atoms with Crippen LogP contribution in [-0.2, 0) is 25.0 Å². The molecular weight excluding hydrogens is 440 g/mol. The smallest absolute Gasteiger partial charge is 0.260 e. The predicted molar refractivity (Wildman–Crippen MR) is 136 cm³/mol. The Morgan fingerprint density at radius 1 is 1.23 bits per heavy atom. The van der Waals surface area contributed by atoms with Crippen molar-refractivity contribution in [1.82, 2.24) is 30.0 Å². The number of rotatable bonds is 6. The molecule has 0 saturated carbocycles. The van der Waals surface area contributed by atoms with Gasteiger partial charge in [-0.15, -0.1) is 10.2 Å². The highest BCUT2D eigenvalue weighted by Crippen LogP contribution is 2.39. The highest BCUT2D eigenvalue weighted by Gasteiger charge is 2.40. The van der Waals surface area contributed by atoms with Crippen molar-refractivity contribution in [3.8, 4) is 11.5 Å². The van der Waals surface area contributed by atoms with Gasteiger partial charge >= 0.3 is 0 Å². The van der Waals surface area contributed by atoms with Gasteiger partial charge in [-0.2, -0.15) is 0 Å². The Hall–Kier alpha value is -3.33. The minimum absolute atomic E-state index is 0.0526. The molecule has 2 aliphatic rings. The Morgan fingerprint density at radius 2 is 2.00 bits per heavy atom. The van der Waals surface area contributed by atoms with Gasteiger partial charge in [0.15, 0.2) is 5.82 Å². The average Bonchev–Trinajstić information content (AvgIpc) is 3.46. The van der Waals surface area contributed by atoms with Crippen molar-refractivity contribution < 1.29 is 4.79 Å². The van der Waals surface area contributed by atoms with E-state index in [1.54, 1.807) is 4.90 Å². The highest BCUT2D eigenvalue weighted by molar-refractivity contribution is 6.10. The van der Waals surface area contributed by atoms with E-state index in [0.29, 0.717) is 30.4 Å². The first-order valence-electron chi connectivity index (χ1n) is 12.3. The summed E-state index contributed by atoms with van der Waals surface area (Å²) >= 11 is 0. The van der Waals surface area contributed by atoms with Crippen molar-refractivity contribution in [3.05, 3.63) is 46.9 Å². The van der Waals surface area contributed by atoms with Crippen LogP contribution in [0.5, 0.6) is 0 Å². The van der Waals surface area contributed by atoms with Gasteiger partial charge in [0.1, 0.15) is 23.2 Å². The number of nitrogens with one attached hydrogen (secondary N) is 1. The van der Waals surface area contributed by atoms with Crippen LogP contribution in [0.1, 0.15) is 62.1 Å². The fraction of sp³-hybridized carbons (Fsp3) is 0.500. The number of anilines is 2. The van der Waals surface area contributed by atoms with E-state index in [1.807, 2.05) is 38.4 Å². The summed E-state index contributed by atoms with van der Waals surface area (Å²) < 4.78 is 2.20. The number of hydrogen-bond donors (Lipinski definition) is 1. The van der Waals surface area contributed by atoms with Crippen LogP contribution in [0, 0.1) is 5.92 Å². The Morgan fingerprint density at radius 3 is 2.71 bits per heavy atom. The summed E-state index contributed by atoms with van der Waals surface area (Å²) in [5.41, 5.74) is 3.17. The van der Waals surface area contributed by atoms with Gasteiger partial charge < -0.3 is 14.8 Å².